The van der Waals surface area contributed by atoms with E-state index in [1.165, 1.54) is 29.5 Å². The molecule has 5 aromatic rings. The van der Waals surface area contributed by atoms with Crippen LogP contribution in [-0.4, -0.2) is 17.0 Å². The molecule has 5 rings (SSSR count). The quantitative estimate of drug-likeness (QED) is 0.210. The van der Waals surface area contributed by atoms with Gasteiger partial charge in [-0.15, -0.1) is 11.3 Å². The maximum atomic E-state index is 14.1. The Balaban J connectivity index is 1.56. The Labute approximate surface area is 232 Å². The van der Waals surface area contributed by atoms with Crippen LogP contribution in [0, 0.1) is 11.6 Å². The van der Waals surface area contributed by atoms with E-state index in [2.05, 4.69) is 5.32 Å². The second-order valence-electron chi connectivity index (χ2n) is 9.21. The molecule has 196 valence electrons. The van der Waals surface area contributed by atoms with Crippen LogP contribution in [-0.2, 0) is 6.42 Å². The molecular weight excluding hydrogens is 540 g/mol. The molecule has 0 radical (unpaired) electrons. The van der Waals surface area contributed by atoms with Gasteiger partial charge in [-0.05, 0) is 95.1 Å². The maximum Gasteiger partial charge on any atom is 0.335 e. The van der Waals surface area contributed by atoms with Crippen LogP contribution < -0.4 is 5.32 Å². The first-order chi connectivity index (χ1) is 18.7. The number of carboxylic acids is 1. The summed E-state index contributed by atoms with van der Waals surface area (Å²) in [6.07, 6.45) is 0.578. The van der Waals surface area contributed by atoms with E-state index in [0.717, 1.165) is 38.9 Å². The zero-order chi connectivity index (χ0) is 27.7. The fourth-order valence-corrected chi connectivity index (χ4v) is 5.63. The predicted molar refractivity (Wildman–Crippen MR) is 151 cm³/mol. The highest BCUT2D eigenvalue weighted by Gasteiger charge is 2.20. The number of thiophene rings is 1. The van der Waals surface area contributed by atoms with Gasteiger partial charge in [0.2, 0.25) is 0 Å². The molecule has 0 unspecified atom stereocenters. The molecule has 1 amide bonds. The van der Waals surface area contributed by atoms with Crippen LogP contribution in [0.4, 0.5) is 8.78 Å². The van der Waals surface area contributed by atoms with Crippen molar-refractivity contribution in [1.82, 2.24) is 5.32 Å². The van der Waals surface area contributed by atoms with E-state index in [1.807, 2.05) is 42.6 Å². The van der Waals surface area contributed by atoms with Gasteiger partial charge in [0, 0.05) is 20.7 Å². The van der Waals surface area contributed by atoms with Gasteiger partial charge in [0.1, 0.15) is 0 Å². The predicted octanol–water partition coefficient (Wildman–Crippen LogP) is 8.28. The first-order valence-electron chi connectivity index (χ1n) is 12.1. The van der Waals surface area contributed by atoms with E-state index < -0.39 is 23.6 Å². The molecule has 1 heterocycles. The Morgan fingerprint density at radius 2 is 1.64 bits per heavy atom. The van der Waals surface area contributed by atoms with E-state index in [9.17, 15) is 18.4 Å². The summed E-state index contributed by atoms with van der Waals surface area (Å²) >= 11 is 7.52. The minimum absolute atomic E-state index is 0.156. The molecule has 39 heavy (non-hydrogen) atoms. The molecule has 2 N–H and O–H groups in total. The van der Waals surface area contributed by atoms with Crippen molar-refractivity contribution in [3.63, 3.8) is 0 Å². The van der Waals surface area contributed by atoms with Crippen LogP contribution in [0.5, 0.6) is 0 Å². The van der Waals surface area contributed by atoms with Crippen LogP contribution in [0.2, 0.25) is 5.02 Å². The highest BCUT2D eigenvalue weighted by atomic mass is 35.5. The Morgan fingerprint density at radius 3 is 2.31 bits per heavy atom. The number of amides is 1. The standard InChI is InChI=1S/C31H22ClF2NO3S/c1-17(19-4-6-20(7-5-19)31(37)38)35-30(36)25-13-22(21-8-11-26(33)27(34)14-21)15-28-29(25)23(16-39-28)12-18-2-9-24(32)10-3-18/h2-11,13-17H,12H2,1H3,(H,35,36)(H,37,38)/t17-/m0/s1. The number of nitrogens with one attached hydrogen (secondary N) is 1. The zero-order valence-corrected chi connectivity index (χ0v) is 22.2. The van der Waals surface area contributed by atoms with E-state index in [0.29, 0.717) is 28.1 Å². The Kier molecular flexibility index (Phi) is 7.46. The van der Waals surface area contributed by atoms with Crippen molar-refractivity contribution in [2.75, 3.05) is 0 Å². The summed E-state index contributed by atoms with van der Waals surface area (Å²) in [5.41, 5.74) is 4.34. The SMILES string of the molecule is C[C@H](NC(=O)c1cc(-c2ccc(F)c(F)c2)cc2scc(Cc3ccc(Cl)cc3)c12)c1ccc(C(=O)O)cc1. The van der Waals surface area contributed by atoms with Crippen molar-refractivity contribution >= 4 is 44.9 Å². The normalized spacial score (nSPS) is 11.9. The average Bonchev–Trinajstić information content (AvgIpc) is 3.33. The van der Waals surface area contributed by atoms with Gasteiger partial charge < -0.3 is 10.4 Å². The van der Waals surface area contributed by atoms with E-state index in [1.54, 1.807) is 18.2 Å². The topological polar surface area (TPSA) is 66.4 Å². The fraction of sp³-hybridized carbons (Fsp3) is 0.0968. The van der Waals surface area contributed by atoms with Gasteiger partial charge in [0.05, 0.1) is 11.6 Å². The maximum absolute atomic E-state index is 14.1. The number of carbonyl (C=O) groups is 2. The van der Waals surface area contributed by atoms with Crippen LogP contribution in [0.15, 0.2) is 84.2 Å². The zero-order valence-electron chi connectivity index (χ0n) is 20.7. The summed E-state index contributed by atoms with van der Waals surface area (Å²) in [6.45, 7) is 1.81. The van der Waals surface area contributed by atoms with E-state index in [-0.39, 0.29) is 11.5 Å². The third-order valence-electron chi connectivity index (χ3n) is 6.56. The molecule has 8 heteroatoms. The Hall–Kier alpha value is -4.07. The summed E-state index contributed by atoms with van der Waals surface area (Å²) in [6, 6.07) is 20.6. The highest BCUT2D eigenvalue weighted by molar-refractivity contribution is 7.17. The monoisotopic (exact) mass is 561 g/mol. The molecule has 0 aliphatic heterocycles. The first-order valence-corrected chi connectivity index (χ1v) is 13.3. The van der Waals surface area contributed by atoms with Crippen molar-refractivity contribution in [2.24, 2.45) is 0 Å². The van der Waals surface area contributed by atoms with Crippen LogP contribution in [0.1, 0.15) is 50.4 Å². The Morgan fingerprint density at radius 1 is 0.923 bits per heavy atom. The van der Waals surface area contributed by atoms with E-state index >= 15 is 0 Å². The molecule has 1 atom stereocenters. The second kappa shape index (κ2) is 11.0. The lowest BCUT2D eigenvalue weighted by Gasteiger charge is -2.17. The minimum atomic E-state index is -1.03. The largest absolute Gasteiger partial charge is 0.478 e. The van der Waals surface area contributed by atoms with Crippen molar-refractivity contribution in [3.8, 4) is 11.1 Å². The smallest absolute Gasteiger partial charge is 0.335 e. The van der Waals surface area contributed by atoms with Gasteiger partial charge in [-0.1, -0.05) is 41.9 Å². The lowest BCUT2D eigenvalue weighted by atomic mass is 9.95. The second-order valence-corrected chi connectivity index (χ2v) is 10.6. The lowest BCUT2D eigenvalue weighted by Crippen LogP contribution is -2.27. The number of carbonyl (C=O) groups excluding carboxylic acids is 1. The molecule has 0 spiro atoms. The minimum Gasteiger partial charge on any atom is -0.478 e. The fourth-order valence-electron chi connectivity index (χ4n) is 4.48. The van der Waals surface area contributed by atoms with Crippen molar-refractivity contribution in [1.29, 1.82) is 0 Å². The molecule has 4 nitrogen and oxygen atoms in total. The lowest BCUT2D eigenvalue weighted by molar-refractivity contribution is 0.0696. The van der Waals surface area contributed by atoms with Crippen LogP contribution >= 0.6 is 22.9 Å². The summed E-state index contributed by atoms with van der Waals surface area (Å²) in [7, 11) is 0. The summed E-state index contributed by atoms with van der Waals surface area (Å²) in [5.74, 6) is -3.27. The first kappa shape index (κ1) is 26.5. The number of hydrogen-bond donors (Lipinski definition) is 2. The van der Waals surface area contributed by atoms with Gasteiger partial charge in [-0.2, -0.15) is 0 Å². The number of fused-ring (bicyclic) bond motifs is 1. The number of rotatable bonds is 7. The summed E-state index contributed by atoms with van der Waals surface area (Å²) in [4.78, 5) is 24.9. The number of halogens is 3. The molecule has 0 saturated carbocycles. The van der Waals surface area contributed by atoms with Gasteiger partial charge >= 0.3 is 5.97 Å². The van der Waals surface area contributed by atoms with Crippen LogP contribution in [0.25, 0.3) is 21.2 Å². The number of benzene rings is 4. The van der Waals surface area contributed by atoms with Gasteiger partial charge in [0.15, 0.2) is 11.6 Å². The van der Waals surface area contributed by atoms with Crippen molar-refractivity contribution < 1.29 is 23.5 Å². The molecule has 0 fully saturated rings. The molecule has 0 aliphatic carbocycles. The van der Waals surface area contributed by atoms with Gasteiger partial charge in [-0.25, -0.2) is 13.6 Å². The van der Waals surface area contributed by atoms with Crippen LogP contribution in [0.3, 0.4) is 0 Å². The Bertz CT molecular complexity index is 1700. The third-order valence-corrected chi connectivity index (χ3v) is 7.79. The molecule has 4 aromatic carbocycles. The molecule has 0 aliphatic rings. The number of hydrogen-bond acceptors (Lipinski definition) is 3. The summed E-state index contributed by atoms with van der Waals surface area (Å²) in [5, 5.41) is 15.6. The van der Waals surface area contributed by atoms with Crippen molar-refractivity contribution in [2.45, 2.75) is 19.4 Å². The van der Waals surface area contributed by atoms with Gasteiger partial charge in [-0.3, -0.25) is 4.79 Å². The third kappa shape index (κ3) is 5.70. The highest BCUT2D eigenvalue weighted by Crippen LogP contribution is 2.36. The molecule has 1 aromatic heterocycles. The van der Waals surface area contributed by atoms with Gasteiger partial charge in [0.25, 0.3) is 5.91 Å². The molecule has 0 saturated heterocycles. The van der Waals surface area contributed by atoms with Crippen molar-refractivity contribution in [3.05, 3.63) is 129 Å². The number of aromatic carboxylic acids is 1. The molecular formula is C31H22ClF2NO3S. The average molecular weight is 562 g/mol. The van der Waals surface area contributed by atoms with E-state index in [4.69, 9.17) is 16.7 Å². The molecule has 0 bridgehead atoms. The number of carboxylic acid groups (broad SMARTS) is 1. The summed E-state index contributed by atoms with van der Waals surface area (Å²) < 4.78 is 28.5.